The Morgan fingerprint density at radius 1 is 1.57 bits per heavy atom. The number of hydrogen-bond acceptors (Lipinski definition) is 5. The molecule has 1 amide bonds. The van der Waals surface area contributed by atoms with E-state index in [2.05, 4.69) is 16.5 Å². The van der Waals surface area contributed by atoms with E-state index >= 15 is 0 Å². The molecule has 0 aromatic carbocycles. The summed E-state index contributed by atoms with van der Waals surface area (Å²) in [6.07, 6.45) is 0.0229. The molecule has 1 aromatic heterocycles. The van der Waals surface area contributed by atoms with Crippen molar-refractivity contribution in [3.8, 4) is 0 Å². The predicted octanol–water partition coefficient (Wildman–Crippen LogP) is 0.390. The van der Waals surface area contributed by atoms with Gasteiger partial charge < -0.3 is 9.64 Å². The molecule has 2 unspecified atom stereocenters. The summed E-state index contributed by atoms with van der Waals surface area (Å²) >= 11 is 1.78. The number of aryl methyl sites for hydroxylation is 2. The minimum atomic E-state index is -0.0255. The molecule has 0 saturated carbocycles. The molecule has 3 heterocycles. The van der Waals surface area contributed by atoms with Gasteiger partial charge in [0.2, 0.25) is 5.91 Å². The zero-order valence-electron chi connectivity index (χ0n) is 12.5. The van der Waals surface area contributed by atoms with E-state index in [9.17, 15) is 4.79 Å². The first kappa shape index (κ1) is 14.9. The minimum Gasteiger partial charge on any atom is -0.373 e. The summed E-state index contributed by atoms with van der Waals surface area (Å²) in [7, 11) is 0. The molecule has 2 aliphatic heterocycles. The van der Waals surface area contributed by atoms with E-state index in [-0.39, 0.29) is 18.1 Å². The summed E-state index contributed by atoms with van der Waals surface area (Å²) < 4.78 is 7.78. The van der Waals surface area contributed by atoms with E-state index < -0.39 is 0 Å². The van der Waals surface area contributed by atoms with Crippen LogP contribution >= 0.6 is 11.8 Å². The number of nitrogens with one attached hydrogen (secondary N) is 1. The van der Waals surface area contributed by atoms with E-state index in [1.807, 2.05) is 23.4 Å². The fourth-order valence-electron chi connectivity index (χ4n) is 2.86. The Morgan fingerprint density at radius 2 is 2.43 bits per heavy atom. The quantitative estimate of drug-likeness (QED) is 0.875. The van der Waals surface area contributed by atoms with Crippen molar-refractivity contribution < 1.29 is 9.53 Å². The standard InChI is InChI=1S/C14H22N4O2S/c1-10-5-11(2)18(16-10)7-12-6-17(3-4-20-12)14(19)13-8-21-9-15-13/h5,12-13,15H,3-4,6-9H2,1-2H3. The lowest BCUT2D eigenvalue weighted by molar-refractivity contribution is -0.140. The van der Waals surface area contributed by atoms with Crippen molar-refractivity contribution in [3.05, 3.63) is 17.5 Å². The summed E-state index contributed by atoms with van der Waals surface area (Å²) in [5.41, 5.74) is 2.15. The lowest BCUT2D eigenvalue weighted by Crippen LogP contribution is -2.52. The van der Waals surface area contributed by atoms with Crippen LogP contribution in [0, 0.1) is 13.8 Å². The van der Waals surface area contributed by atoms with Crippen LogP contribution in [-0.4, -0.2) is 64.1 Å². The molecule has 3 rings (SSSR count). The Kier molecular flexibility index (Phi) is 4.51. The van der Waals surface area contributed by atoms with Crippen molar-refractivity contribution in [2.24, 2.45) is 0 Å². The lowest BCUT2D eigenvalue weighted by atomic mass is 10.2. The van der Waals surface area contributed by atoms with Crippen LogP contribution < -0.4 is 5.32 Å². The van der Waals surface area contributed by atoms with Gasteiger partial charge >= 0.3 is 0 Å². The maximum Gasteiger partial charge on any atom is 0.240 e. The molecular formula is C14H22N4O2S. The Morgan fingerprint density at radius 3 is 3.10 bits per heavy atom. The van der Waals surface area contributed by atoms with Gasteiger partial charge in [-0.15, -0.1) is 11.8 Å². The van der Waals surface area contributed by atoms with Crippen molar-refractivity contribution >= 4 is 17.7 Å². The van der Waals surface area contributed by atoms with Crippen molar-refractivity contribution in [3.63, 3.8) is 0 Å². The number of thioether (sulfide) groups is 1. The fourth-order valence-corrected chi connectivity index (χ4v) is 3.79. The number of nitrogens with zero attached hydrogens (tertiary/aromatic N) is 3. The van der Waals surface area contributed by atoms with Crippen LogP contribution in [0.15, 0.2) is 6.07 Å². The van der Waals surface area contributed by atoms with E-state index in [1.54, 1.807) is 11.8 Å². The second-order valence-corrected chi connectivity index (χ2v) is 6.69. The Labute approximate surface area is 129 Å². The summed E-state index contributed by atoms with van der Waals surface area (Å²) in [5.74, 6) is 1.95. The zero-order chi connectivity index (χ0) is 14.8. The second kappa shape index (κ2) is 6.37. The monoisotopic (exact) mass is 310 g/mol. The lowest BCUT2D eigenvalue weighted by Gasteiger charge is -2.34. The van der Waals surface area contributed by atoms with Gasteiger partial charge in [-0.2, -0.15) is 5.10 Å². The Bertz CT molecular complexity index is 513. The van der Waals surface area contributed by atoms with Crippen LogP contribution in [-0.2, 0) is 16.1 Å². The van der Waals surface area contributed by atoms with Crippen molar-refractivity contribution in [1.29, 1.82) is 0 Å². The van der Waals surface area contributed by atoms with E-state index in [0.29, 0.717) is 26.2 Å². The summed E-state index contributed by atoms with van der Waals surface area (Å²) in [5, 5.41) is 7.71. The third-order valence-electron chi connectivity index (χ3n) is 3.94. The second-order valence-electron chi connectivity index (χ2n) is 5.66. The molecule has 2 saturated heterocycles. The number of morpholine rings is 1. The number of carbonyl (C=O) groups excluding carboxylic acids is 1. The van der Waals surface area contributed by atoms with E-state index in [0.717, 1.165) is 23.0 Å². The van der Waals surface area contributed by atoms with Crippen LogP contribution in [0.1, 0.15) is 11.4 Å². The molecule has 6 nitrogen and oxygen atoms in total. The molecule has 0 aliphatic carbocycles. The molecule has 2 fully saturated rings. The molecule has 2 atom stereocenters. The van der Waals surface area contributed by atoms with Crippen LogP contribution in [0.25, 0.3) is 0 Å². The topological polar surface area (TPSA) is 59.4 Å². The van der Waals surface area contributed by atoms with Crippen LogP contribution in [0.5, 0.6) is 0 Å². The summed E-state index contributed by atoms with van der Waals surface area (Å²) in [4.78, 5) is 14.4. The Balaban J connectivity index is 1.60. The molecule has 0 radical (unpaired) electrons. The van der Waals surface area contributed by atoms with Gasteiger partial charge in [-0.1, -0.05) is 0 Å². The molecule has 1 N–H and O–H groups in total. The number of hydrogen-bond donors (Lipinski definition) is 1. The summed E-state index contributed by atoms with van der Waals surface area (Å²) in [6, 6.07) is 2.04. The molecule has 1 aromatic rings. The van der Waals surface area contributed by atoms with Gasteiger partial charge in [0.05, 0.1) is 31.0 Å². The highest BCUT2D eigenvalue weighted by molar-refractivity contribution is 7.99. The molecule has 0 bridgehead atoms. The number of rotatable bonds is 3. The van der Waals surface area contributed by atoms with Crippen LogP contribution in [0.2, 0.25) is 0 Å². The van der Waals surface area contributed by atoms with E-state index in [1.165, 1.54) is 0 Å². The predicted molar refractivity (Wildman–Crippen MR) is 82.3 cm³/mol. The fraction of sp³-hybridized carbons (Fsp3) is 0.714. The molecule has 116 valence electrons. The third-order valence-corrected chi connectivity index (χ3v) is 4.88. The average molecular weight is 310 g/mol. The van der Waals surface area contributed by atoms with Crippen molar-refractivity contribution in [1.82, 2.24) is 20.0 Å². The van der Waals surface area contributed by atoms with Gasteiger partial charge in [-0.25, -0.2) is 0 Å². The van der Waals surface area contributed by atoms with Gasteiger partial charge in [0.25, 0.3) is 0 Å². The first-order valence-corrected chi connectivity index (χ1v) is 8.51. The zero-order valence-corrected chi connectivity index (χ0v) is 13.4. The van der Waals surface area contributed by atoms with Gasteiger partial charge in [-0.05, 0) is 19.9 Å². The largest absolute Gasteiger partial charge is 0.373 e. The molecule has 2 aliphatic rings. The highest BCUT2D eigenvalue weighted by atomic mass is 32.2. The van der Waals surface area contributed by atoms with Crippen LogP contribution in [0.4, 0.5) is 0 Å². The minimum absolute atomic E-state index is 0.0229. The number of carbonyl (C=O) groups is 1. The molecule has 0 spiro atoms. The highest BCUT2D eigenvalue weighted by Crippen LogP contribution is 2.15. The smallest absolute Gasteiger partial charge is 0.240 e. The molecular weight excluding hydrogens is 288 g/mol. The SMILES string of the molecule is Cc1cc(C)n(CC2CN(C(=O)C3CSCN3)CCO2)n1. The first-order valence-electron chi connectivity index (χ1n) is 7.36. The average Bonchev–Trinajstić information content (AvgIpc) is 3.09. The van der Waals surface area contributed by atoms with Crippen molar-refractivity contribution in [2.75, 3.05) is 31.3 Å². The molecule has 21 heavy (non-hydrogen) atoms. The van der Waals surface area contributed by atoms with Crippen LogP contribution in [0.3, 0.4) is 0 Å². The summed E-state index contributed by atoms with van der Waals surface area (Å²) in [6.45, 7) is 6.69. The number of amides is 1. The van der Waals surface area contributed by atoms with Gasteiger partial charge in [0.15, 0.2) is 0 Å². The maximum atomic E-state index is 12.4. The highest BCUT2D eigenvalue weighted by Gasteiger charge is 2.31. The Hall–Kier alpha value is -1.05. The van der Waals surface area contributed by atoms with Crippen molar-refractivity contribution in [2.45, 2.75) is 32.5 Å². The number of ether oxygens (including phenoxy) is 1. The van der Waals surface area contributed by atoms with Gasteiger partial charge in [0.1, 0.15) is 0 Å². The first-order chi connectivity index (χ1) is 10.1. The van der Waals surface area contributed by atoms with Gasteiger partial charge in [-0.3, -0.25) is 14.8 Å². The normalized spacial score (nSPS) is 26.3. The maximum absolute atomic E-state index is 12.4. The third kappa shape index (κ3) is 3.41. The van der Waals surface area contributed by atoms with E-state index in [4.69, 9.17) is 4.74 Å². The van der Waals surface area contributed by atoms with Gasteiger partial charge in [0, 0.05) is 30.4 Å². The molecule has 7 heteroatoms. The number of aromatic nitrogens is 2.